The van der Waals surface area contributed by atoms with Gasteiger partial charge in [0.2, 0.25) is 0 Å². The second-order valence-corrected chi connectivity index (χ2v) is 9.12. The Morgan fingerprint density at radius 2 is 1.85 bits per heavy atom. The summed E-state index contributed by atoms with van der Waals surface area (Å²) in [6.45, 7) is 3.48. The highest BCUT2D eigenvalue weighted by atomic mass is 16.3. The van der Waals surface area contributed by atoms with Gasteiger partial charge in [-0.1, -0.05) is 5.92 Å². The lowest BCUT2D eigenvalue weighted by Crippen LogP contribution is -2.55. The number of fused-ring (bicyclic) bond motifs is 3. The molecule has 0 aromatic heterocycles. The first kappa shape index (κ1) is 22.6. The molecule has 8 nitrogen and oxygen atoms in total. The molecule has 1 aromatic rings. The van der Waals surface area contributed by atoms with Crippen LogP contribution in [0.25, 0.3) is 5.76 Å². The van der Waals surface area contributed by atoms with Crippen LogP contribution in [0.2, 0.25) is 0 Å². The van der Waals surface area contributed by atoms with E-state index in [-0.39, 0.29) is 22.6 Å². The number of nitrogens with two attached hydrogens (primary N) is 1. The molecule has 172 valence electrons. The molecule has 3 aliphatic carbocycles. The van der Waals surface area contributed by atoms with Gasteiger partial charge in [0.15, 0.2) is 11.6 Å². The molecule has 1 amide bonds. The number of hydrogen-bond donors (Lipinski definition) is 4. The summed E-state index contributed by atoms with van der Waals surface area (Å²) in [5, 5.41) is 32.7. The first-order valence-electron chi connectivity index (χ1n) is 10.7. The zero-order chi connectivity index (χ0) is 24.4. The van der Waals surface area contributed by atoms with Crippen LogP contribution in [0.15, 0.2) is 23.0 Å². The van der Waals surface area contributed by atoms with Crippen molar-refractivity contribution >= 4 is 23.2 Å². The molecule has 0 heterocycles. The average Bonchev–Trinajstić information content (AvgIpc) is 2.70. The van der Waals surface area contributed by atoms with Gasteiger partial charge >= 0.3 is 0 Å². The Bertz CT molecular complexity index is 1240. The van der Waals surface area contributed by atoms with Crippen LogP contribution in [0.1, 0.15) is 35.6 Å². The van der Waals surface area contributed by atoms with Crippen molar-refractivity contribution in [2.24, 2.45) is 23.5 Å². The van der Waals surface area contributed by atoms with Crippen LogP contribution in [0, 0.1) is 36.5 Å². The Kier molecular flexibility index (Phi) is 5.33. The number of phenolic OH excluding ortho intramolecular Hbond substituents is 1. The van der Waals surface area contributed by atoms with Gasteiger partial charge in [-0.2, -0.15) is 0 Å². The van der Waals surface area contributed by atoms with E-state index in [0.717, 1.165) is 5.56 Å². The topological polar surface area (TPSA) is 141 Å². The minimum atomic E-state index is -1.26. The molecule has 3 unspecified atom stereocenters. The molecular formula is C25H26N2O6. The van der Waals surface area contributed by atoms with Crippen LogP contribution in [0.3, 0.4) is 0 Å². The Hall–Kier alpha value is -3.57. The van der Waals surface area contributed by atoms with Crippen molar-refractivity contribution < 1.29 is 29.7 Å². The lowest BCUT2D eigenvalue weighted by atomic mass is 9.59. The number of primary amides is 1. The predicted octanol–water partition coefficient (Wildman–Crippen LogP) is 1.53. The quantitative estimate of drug-likeness (QED) is 0.304. The van der Waals surface area contributed by atoms with Crippen molar-refractivity contribution in [1.29, 1.82) is 0 Å². The van der Waals surface area contributed by atoms with Crippen molar-refractivity contribution in [1.82, 2.24) is 4.90 Å². The predicted molar refractivity (Wildman–Crippen MR) is 120 cm³/mol. The average molecular weight is 450 g/mol. The van der Waals surface area contributed by atoms with E-state index in [2.05, 4.69) is 11.8 Å². The summed E-state index contributed by atoms with van der Waals surface area (Å²) in [7, 11) is 3.38. The van der Waals surface area contributed by atoms with Crippen LogP contribution in [-0.4, -0.2) is 57.8 Å². The number of benzene rings is 1. The fraction of sp³-hybridized carbons (Fsp3) is 0.400. The Morgan fingerprint density at radius 1 is 1.18 bits per heavy atom. The molecule has 0 bridgehead atoms. The summed E-state index contributed by atoms with van der Waals surface area (Å²) in [6, 6.07) is 0.998. The van der Waals surface area contributed by atoms with E-state index in [9.17, 15) is 29.7 Å². The van der Waals surface area contributed by atoms with E-state index in [1.807, 2.05) is 6.92 Å². The molecule has 0 radical (unpaired) electrons. The van der Waals surface area contributed by atoms with Gasteiger partial charge in [0, 0.05) is 5.57 Å². The SMILES string of the molecule is CC#Cc1cc(C)c2c(c1O)C(O)=C1C(=O)C3C(=O)C(C(N)=O)=C(O)[C@@H](N(C)C)C3CC1C2. The molecule has 4 rings (SSSR count). The fourth-order valence-electron chi connectivity index (χ4n) is 5.75. The maximum absolute atomic E-state index is 13.7. The first-order valence-corrected chi connectivity index (χ1v) is 10.7. The van der Waals surface area contributed by atoms with Crippen LogP contribution in [0.4, 0.5) is 0 Å². The van der Waals surface area contributed by atoms with Crippen LogP contribution < -0.4 is 5.73 Å². The zero-order valence-electron chi connectivity index (χ0n) is 18.9. The van der Waals surface area contributed by atoms with E-state index >= 15 is 0 Å². The van der Waals surface area contributed by atoms with Gasteiger partial charge in [-0.3, -0.25) is 19.3 Å². The highest BCUT2D eigenvalue weighted by molar-refractivity contribution is 6.28. The third-order valence-corrected chi connectivity index (χ3v) is 7.05. The largest absolute Gasteiger partial charge is 0.510 e. The Labute approximate surface area is 191 Å². The third kappa shape index (κ3) is 3.15. The second-order valence-electron chi connectivity index (χ2n) is 9.12. The zero-order valence-corrected chi connectivity index (χ0v) is 18.9. The summed E-state index contributed by atoms with van der Waals surface area (Å²) < 4.78 is 0. The normalized spacial score (nSPS) is 26.5. The molecule has 1 saturated carbocycles. The number of Topliss-reactive ketones (excluding diaryl/α,β-unsaturated/α-hetero) is 2. The monoisotopic (exact) mass is 450 g/mol. The number of amides is 1. The minimum Gasteiger partial charge on any atom is -0.510 e. The first-order chi connectivity index (χ1) is 15.5. The number of likely N-dealkylation sites (N-methyl/N-ethyl adjacent to an activating group) is 1. The number of aromatic hydroxyl groups is 1. The van der Waals surface area contributed by atoms with Gasteiger partial charge in [0.25, 0.3) is 5.91 Å². The number of aliphatic hydroxyl groups is 2. The van der Waals surface area contributed by atoms with E-state index < -0.39 is 52.6 Å². The summed E-state index contributed by atoms with van der Waals surface area (Å²) >= 11 is 0. The number of aryl methyl sites for hydroxylation is 1. The van der Waals surface area contributed by atoms with Crippen LogP contribution in [-0.2, 0) is 20.8 Å². The van der Waals surface area contributed by atoms with Gasteiger partial charge in [-0.25, -0.2) is 0 Å². The van der Waals surface area contributed by atoms with Gasteiger partial charge in [0.1, 0.15) is 22.8 Å². The van der Waals surface area contributed by atoms with Crippen molar-refractivity contribution in [3.8, 4) is 17.6 Å². The number of hydrogen-bond acceptors (Lipinski definition) is 7. The number of nitrogens with zero attached hydrogens (tertiary/aromatic N) is 1. The molecule has 1 aromatic carbocycles. The van der Waals surface area contributed by atoms with Crippen molar-refractivity contribution in [2.75, 3.05) is 14.1 Å². The molecule has 0 aliphatic heterocycles. The number of phenols is 1. The Morgan fingerprint density at radius 3 is 2.42 bits per heavy atom. The van der Waals surface area contributed by atoms with Crippen molar-refractivity contribution in [3.63, 3.8) is 0 Å². The van der Waals surface area contributed by atoms with E-state index in [1.54, 1.807) is 32.0 Å². The van der Waals surface area contributed by atoms with Crippen molar-refractivity contribution in [3.05, 3.63) is 45.2 Å². The fourth-order valence-corrected chi connectivity index (χ4v) is 5.75. The lowest BCUT2D eigenvalue weighted by molar-refractivity contribution is -0.136. The highest BCUT2D eigenvalue weighted by Crippen LogP contribution is 2.51. The van der Waals surface area contributed by atoms with E-state index in [1.165, 1.54) is 0 Å². The lowest BCUT2D eigenvalue weighted by Gasteiger charge is -2.46. The molecule has 33 heavy (non-hydrogen) atoms. The number of aliphatic hydroxyl groups excluding tert-OH is 2. The number of carbonyl (C=O) groups excluding carboxylic acids is 3. The maximum Gasteiger partial charge on any atom is 0.255 e. The third-order valence-electron chi connectivity index (χ3n) is 7.05. The molecule has 3 aliphatic rings. The van der Waals surface area contributed by atoms with Crippen molar-refractivity contribution in [2.45, 2.75) is 32.7 Å². The summed E-state index contributed by atoms with van der Waals surface area (Å²) in [5.41, 5.74) is 6.90. The smallest absolute Gasteiger partial charge is 0.255 e. The Balaban J connectivity index is 1.92. The molecule has 0 saturated heterocycles. The summed E-state index contributed by atoms with van der Waals surface area (Å²) in [4.78, 5) is 40.4. The molecule has 0 spiro atoms. The standard InChI is InChI=1S/C25H26N2O6/c1-5-6-11-7-10(2)13-8-12-9-14-17(22(30)15(12)21(29)16(13)20(11)28)23(31)18(25(26)33)24(32)19(14)27(3)4/h7,12,14,17,19,28-29,32H,8-9H2,1-4H3,(H2,26,33)/t12?,14?,17?,19-/m0/s1. The maximum atomic E-state index is 13.7. The van der Waals surface area contributed by atoms with E-state index in [4.69, 9.17) is 5.73 Å². The van der Waals surface area contributed by atoms with Gasteiger partial charge in [-0.15, -0.1) is 5.92 Å². The minimum absolute atomic E-state index is 0.0659. The summed E-state index contributed by atoms with van der Waals surface area (Å²) in [5.74, 6) is -0.262. The van der Waals surface area contributed by atoms with Gasteiger partial charge in [0.05, 0.1) is 23.1 Å². The van der Waals surface area contributed by atoms with Gasteiger partial charge in [-0.05, 0) is 69.8 Å². The highest BCUT2D eigenvalue weighted by Gasteiger charge is 2.55. The molecule has 4 atom stereocenters. The number of allylic oxidation sites excluding steroid dienone is 1. The number of carbonyl (C=O) groups is 3. The van der Waals surface area contributed by atoms with Crippen LogP contribution >= 0.6 is 0 Å². The summed E-state index contributed by atoms with van der Waals surface area (Å²) in [6.07, 6.45) is 0.709. The van der Waals surface area contributed by atoms with E-state index in [0.29, 0.717) is 24.0 Å². The molecule has 8 heteroatoms. The number of ketones is 2. The van der Waals surface area contributed by atoms with Gasteiger partial charge < -0.3 is 21.1 Å². The number of rotatable bonds is 2. The molecular weight excluding hydrogens is 424 g/mol. The second kappa shape index (κ2) is 7.78. The molecule has 1 fully saturated rings. The molecule has 5 N–H and O–H groups in total. The van der Waals surface area contributed by atoms with Crippen LogP contribution in [0.5, 0.6) is 5.75 Å².